The maximum absolute atomic E-state index is 12.8. The fourth-order valence-electron chi connectivity index (χ4n) is 3.74. The van der Waals surface area contributed by atoms with Crippen LogP contribution in [0, 0.1) is 5.92 Å². The highest BCUT2D eigenvalue weighted by atomic mass is 32.1. The monoisotopic (exact) mass is 462 g/mol. The Labute approximate surface area is 196 Å². The number of hydrogen-bond acceptors (Lipinski definition) is 5. The first-order chi connectivity index (χ1) is 15.9. The Morgan fingerprint density at radius 2 is 1.79 bits per heavy atom. The van der Waals surface area contributed by atoms with E-state index in [1.165, 1.54) is 23.8 Å². The van der Waals surface area contributed by atoms with Crippen LogP contribution >= 0.6 is 11.3 Å². The van der Waals surface area contributed by atoms with E-state index < -0.39 is 5.92 Å². The normalized spacial score (nSPS) is 15.5. The Kier molecular flexibility index (Phi) is 6.84. The van der Waals surface area contributed by atoms with Crippen LogP contribution < -0.4 is 15.5 Å². The van der Waals surface area contributed by atoms with Crippen LogP contribution in [0.4, 0.5) is 10.8 Å². The summed E-state index contributed by atoms with van der Waals surface area (Å²) in [4.78, 5) is 42.6. The Bertz CT molecular complexity index is 1160. The van der Waals surface area contributed by atoms with Gasteiger partial charge in [-0.05, 0) is 29.7 Å². The van der Waals surface area contributed by atoms with Crippen molar-refractivity contribution in [2.24, 2.45) is 5.92 Å². The van der Waals surface area contributed by atoms with Gasteiger partial charge in [0.15, 0.2) is 5.13 Å². The van der Waals surface area contributed by atoms with Crippen molar-refractivity contribution in [3.63, 3.8) is 0 Å². The van der Waals surface area contributed by atoms with Crippen LogP contribution in [0.1, 0.15) is 31.4 Å². The number of hydrogen-bond donors (Lipinski definition) is 2. The van der Waals surface area contributed by atoms with Crippen LogP contribution in [0.2, 0.25) is 0 Å². The molecule has 3 aromatic rings. The molecule has 1 aliphatic heterocycles. The van der Waals surface area contributed by atoms with Crippen molar-refractivity contribution in [3.05, 3.63) is 65.0 Å². The highest BCUT2D eigenvalue weighted by molar-refractivity contribution is 7.14. The van der Waals surface area contributed by atoms with E-state index in [2.05, 4.69) is 22.5 Å². The maximum atomic E-state index is 12.8. The largest absolute Gasteiger partial charge is 0.352 e. The molecule has 4 rings (SSSR count). The minimum Gasteiger partial charge on any atom is -0.352 e. The van der Waals surface area contributed by atoms with Gasteiger partial charge in [-0.15, -0.1) is 11.3 Å². The molecule has 33 heavy (non-hydrogen) atoms. The predicted molar refractivity (Wildman–Crippen MR) is 130 cm³/mol. The van der Waals surface area contributed by atoms with Crippen LogP contribution in [0.15, 0.2) is 53.9 Å². The second kappa shape index (κ2) is 9.95. The maximum Gasteiger partial charge on any atom is 0.231 e. The van der Waals surface area contributed by atoms with Crippen LogP contribution in [0.25, 0.3) is 11.3 Å². The number of thiazole rings is 1. The van der Waals surface area contributed by atoms with Crippen molar-refractivity contribution in [1.82, 2.24) is 10.3 Å². The minimum atomic E-state index is -0.413. The van der Waals surface area contributed by atoms with E-state index in [0.29, 0.717) is 18.2 Å². The van der Waals surface area contributed by atoms with Gasteiger partial charge in [0.25, 0.3) is 0 Å². The van der Waals surface area contributed by atoms with Crippen LogP contribution in [-0.4, -0.2) is 29.3 Å². The summed E-state index contributed by atoms with van der Waals surface area (Å²) in [6.07, 6.45) is 1.13. The number of benzene rings is 2. The van der Waals surface area contributed by atoms with Gasteiger partial charge in [-0.25, -0.2) is 4.98 Å². The summed E-state index contributed by atoms with van der Waals surface area (Å²) in [5, 5.41) is 8.04. The molecule has 7 nitrogen and oxygen atoms in total. The molecule has 0 aliphatic carbocycles. The standard InChI is InChI=1S/C25H26N4O3S/c1-3-17-6-10-21(11-7-17)29-14-20(12-23(29)31)24(32)28-25-27-22(15-33-25)19-8-4-18(5-9-19)13-26-16(2)30/h4-11,15,20H,3,12-14H2,1-2H3,(H,26,30)(H,27,28,32)/t20-/m0/s1. The summed E-state index contributed by atoms with van der Waals surface area (Å²) >= 11 is 1.35. The number of nitrogens with zero attached hydrogens (tertiary/aromatic N) is 2. The minimum absolute atomic E-state index is 0.0430. The van der Waals surface area contributed by atoms with Crippen LogP contribution in [0.5, 0.6) is 0 Å². The number of anilines is 2. The van der Waals surface area contributed by atoms with Gasteiger partial charge in [0.2, 0.25) is 17.7 Å². The highest BCUT2D eigenvalue weighted by Gasteiger charge is 2.35. The van der Waals surface area contributed by atoms with Gasteiger partial charge in [-0.2, -0.15) is 0 Å². The molecular weight excluding hydrogens is 436 g/mol. The van der Waals surface area contributed by atoms with Crippen molar-refractivity contribution in [1.29, 1.82) is 0 Å². The molecular formula is C25H26N4O3S. The summed E-state index contributed by atoms with van der Waals surface area (Å²) in [5.74, 6) is -0.717. The molecule has 2 aromatic carbocycles. The quantitative estimate of drug-likeness (QED) is 0.555. The first-order valence-electron chi connectivity index (χ1n) is 10.9. The fraction of sp³-hybridized carbons (Fsp3) is 0.280. The summed E-state index contributed by atoms with van der Waals surface area (Å²) in [7, 11) is 0. The Balaban J connectivity index is 1.36. The van der Waals surface area contributed by atoms with Gasteiger partial charge in [0.05, 0.1) is 11.6 Å². The van der Waals surface area contributed by atoms with E-state index >= 15 is 0 Å². The summed E-state index contributed by atoms with van der Waals surface area (Å²) in [6, 6.07) is 15.7. The van der Waals surface area contributed by atoms with E-state index in [-0.39, 0.29) is 24.1 Å². The molecule has 0 unspecified atom stereocenters. The first-order valence-corrected chi connectivity index (χ1v) is 11.8. The lowest BCUT2D eigenvalue weighted by Gasteiger charge is -2.17. The molecule has 1 saturated heterocycles. The van der Waals surface area contributed by atoms with Gasteiger partial charge >= 0.3 is 0 Å². The molecule has 1 aromatic heterocycles. The second-order valence-corrected chi connectivity index (χ2v) is 8.92. The van der Waals surface area contributed by atoms with Crippen molar-refractivity contribution in [2.75, 3.05) is 16.8 Å². The fourth-order valence-corrected chi connectivity index (χ4v) is 4.46. The topological polar surface area (TPSA) is 91.4 Å². The molecule has 2 heterocycles. The molecule has 0 bridgehead atoms. The second-order valence-electron chi connectivity index (χ2n) is 8.06. The zero-order valence-corrected chi connectivity index (χ0v) is 19.4. The lowest BCUT2D eigenvalue weighted by Crippen LogP contribution is -2.28. The molecule has 0 spiro atoms. The Morgan fingerprint density at radius 1 is 1.09 bits per heavy atom. The average molecular weight is 463 g/mol. The van der Waals surface area contributed by atoms with E-state index in [9.17, 15) is 14.4 Å². The summed E-state index contributed by atoms with van der Waals surface area (Å²) in [6.45, 7) is 4.42. The molecule has 1 fully saturated rings. The summed E-state index contributed by atoms with van der Waals surface area (Å²) in [5.41, 5.74) is 4.72. The molecule has 170 valence electrons. The predicted octanol–water partition coefficient (Wildman–Crippen LogP) is 4.00. The van der Waals surface area contributed by atoms with Crippen molar-refractivity contribution in [2.45, 2.75) is 33.2 Å². The number of aryl methyl sites for hydroxylation is 1. The van der Waals surface area contributed by atoms with Crippen LogP contribution in [-0.2, 0) is 27.3 Å². The number of carbonyl (C=O) groups is 3. The summed E-state index contributed by atoms with van der Waals surface area (Å²) < 4.78 is 0. The lowest BCUT2D eigenvalue weighted by atomic mass is 10.1. The van der Waals surface area contributed by atoms with Crippen molar-refractivity contribution in [3.8, 4) is 11.3 Å². The SMILES string of the molecule is CCc1ccc(N2C[C@@H](C(=O)Nc3nc(-c4ccc(CNC(C)=O)cc4)cs3)CC2=O)cc1. The number of aromatic nitrogens is 1. The highest BCUT2D eigenvalue weighted by Crippen LogP contribution is 2.29. The van der Waals surface area contributed by atoms with Crippen molar-refractivity contribution >= 4 is 39.9 Å². The van der Waals surface area contributed by atoms with E-state index in [4.69, 9.17) is 0 Å². The third-order valence-corrected chi connectivity index (χ3v) is 6.44. The molecule has 2 N–H and O–H groups in total. The third-order valence-electron chi connectivity index (χ3n) is 5.68. The van der Waals surface area contributed by atoms with E-state index in [1.807, 2.05) is 53.9 Å². The molecule has 1 aliphatic rings. The van der Waals surface area contributed by atoms with Crippen molar-refractivity contribution < 1.29 is 14.4 Å². The zero-order valence-electron chi connectivity index (χ0n) is 18.6. The van der Waals surface area contributed by atoms with Gasteiger partial charge in [-0.3, -0.25) is 14.4 Å². The third kappa shape index (κ3) is 5.46. The molecule has 0 saturated carbocycles. The first kappa shape index (κ1) is 22.7. The number of rotatable bonds is 7. The molecule has 1 atom stereocenters. The number of nitrogens with one attached hydrogen (secondary N) is 2. The van der Waals surface area contributed by atoms with Gasteiger partial charge in [0.1, 0.15) is 0 Å². The van der Waals surface area contributed by atoms with Gasteiger partial charge in [-0.1, -0.05) is 43.3 Å². The average Bonchev–Trinajstić information content (AvgIpc) is 3.45. The Morgan fingerprint density at radius 3 is 2.45 bits per heavy atom. The lowest BCUT2D eigenvalue weighted by molar-refractivity contribution is -0.122. The van der Waals surface area contributed by atoms with Crippen LogP contribution in [0.3, 0.4) is 0 Å². The van der Waals surface area contributed by atoms with Gasteiger partial charge in [0, 0.05) is 43.1 Å². The van der Waals surface area contributed by atoms with E-state index in [1.54, 1.807) is 4.90 Å². The number of amides is 3. The zero-order chi connectivity index (χ0) is 23.4. The molecule has 3 amide bonds. The van der Waals surface area contributed by atoms with Gasteiger partial charge < -0.3 is 15.5 Å². The van der Waals surface area contributed by atoms with E-state index in [0.717, 1.165) is 28.9 Å². The number of carbonyl (C=O) groups excluding carboxylic acids is 3. The molecule has 0 radical (unpaired) electrons. The Hall–Kier alpha value is -3.52. The molecule has 8 heteroatoms. The smallest absolute Gasteiger partial charge is 0.231 e.